The minimum atomic E-state index is 0.719. The van der Waals surface area contributed by atoms with Gasteiger partial charge in [-0.1, -0.05) is 25.5 Å². The monoisotopic (exact) mass is 164 g/mol. The van der Waals surface area contributed by atoms with Gasteiger partial charge in [0.1, 0.15) is 0 Å². The third kappa shape index (κ3) is 1.22. The van der Waals surface area contributed by atoms with Gasteiger partial charge in [-0.3, -0.25) is 0 Å². The topological polar surface area (TPSA) is 0 Å². The first kappa shape index (κ1) is 8.34. The molecule has 0 saturated heterocycles. The van der Waals surface area contributed by atoms with Crippen LogP contribution in [0.25, 0.3) is 0 Å². The molecule has 2 aliphatic rings. The van der Waals surface area contributed by atoms with Crippen molar-refractivity contribution in [3.05, 3.63) is 11.6 Å². The summed E-state index contributed by atoms with van der Waals surface area (Å²) in [6.45, 7) is 7.20. The molecule has 0 radical (unpaired) electrons. The molecule has 0 aromatic rings. The Bertz CT molecular complexity index is 214. The van der Waals surface area contributed by atoms with Crippen LogP contribution in [0.3, 0.4) is 0 Å². The second-order valence-corrected chi connectivity index (χ2v) is 5.13. The van der Waals surface area contributed by atoms with Crippen molar-refractivity contribution in [2.24, 2.45) is 17.3 Å². The van der Waals surface area contributed by atoms with E-state index in [0.29, 0.717) is 0 Å². The first-order chi connectivity index (χ1) is 5.63. The van der Waals surface area contributed by atoms with Crippen LogP contribution >= 0.6 is 0 Å². The Balaban J connectivity index is 2.11. The van der Waals surface area contributed by atoms with E-state index in [1.54, 1.807) is 5.57 Å². The summed E-state index contributed by atoms with van der Waals surface area (Å²) >= 11 is 0. The van der Waals surface area contributed by atoms with Crippen molar-refractivity contribution in [1.82, 2.24) is 0 Å². The van der Waals surface area contributed by atoms with Crippen molar-refractivity contribution in [3.8, 4) is 0 Å². The summed E-state index contributed by atoms with van der Waals surface area (Å²) in [5.41, 5.74) is 2.34. The number of hydrogen-bond donors (Lipinski definition) is 0. The minimum Gasteiger partial charge on any atom is -0.0853 e. The molecule has 0 bridgehead atoms. The molecule has 0 spiro atoms. The maximum absolute atomic E-state index is 2.48. The molecule has 0 heterocycles. The van der Waals surface area contributed by atoms with Gasteiger partial charge in [-0.05, 0) is 49.9 Å². The lowest BCUT2D eigenvalue weighted by Crippen LogP contribution is -2.12. The van der Waals surface area contributed by atoms with Crippen LogP contribution in [0.2, 0.25) is 0 Å². The zero-order valence-corrected chi connectivity index (χ0v) is 8.56. The quantitative estimate of drug-likeness (QED) is 0.478. The van der Waals surface area contributed by atoms with Crippen molar-refractivity contribution in [1.29, 1.82) is 0 Å². The molecule has 0 aliphatic heterocycles. The molecule has 0 heteroatoms. The standard InChI is InChI=1S/C12H20/c1-9-4-6-10(2)12(3)8-11(12)7-5-9/h4,10-11H,5-8H2,1-3H3. The van der Waals surface area contributed by atoms with E-state index in [2.05, 4.69) is 26.8 Å². The smallest absolute Gasteiger partial charge is 0.0266 e. The van der Waals surface area contributed by atoms with Gasteiger partial charge in [0.15, 0.2) is 0 Å². The molecule has 0 nitrogen and oxygen atoms in total. The molecule has 1 saturated carbocycles. The predicted molar refractivity (Wildman–Crippen MR) is 53.0 cm³/mol. The van der Waals surface area contributed by atoms with Crippen LogP contribution in [0.1, 0.15) is 46.5 Å². The molecule has 2 aliphatic carbocycles. The van der Waals surface area contributed by atoms with E-state index in [-0.39, 0.29) is 0 Å². The molecule has 1 fully saturated rings. The Morgan fingerprint density at radius 3 is 3.00 bits per heavy atom. The average molecular weight is 164 g/mol. The fourth-order valence-electron chi connectivity index (χ4n) is 2.66. The second kappa shape index (κ2) is 2.61. The molecule has 3 unspecified atom stereocenters. The highest BCUT2D eigenvalue weighted by Crippen LogP contribution is 2.61. The molecule has 12 heavy (non-hydrogen) atoms. The minimum absolute atomic E-state index is 0.719. The first-order valence-corrected chi connectivity index (χ1v) is 5.28. The van der Waals surface area contributed by atoms with E-state index in [1.807, 2.05) is 0 Å². The van der Waals surface area contributed by atoms with Crippen LogP contribution in [-0.2, 0) is 0 Å². The van der Waals surface area contributed by atoms with E-state index in [1.165, 1.54) is 25.7 Å². The molecular weight excluding hydrogens is 144 g/mol. The van der Waals surface area contributed by atoms with Gasteiger partial charge in [0.05, 0.1) is 0 Å². The molecule has 68 valence electrons. The molecular formula is C12H20. The molecule has 2 rings (SSSR count). The number of rotatable bonds is 0. The van der Waals surface area contributed by atoms with Crippen LogP contribution in [-0.4, -0.2) is 0 Å². The van der Waals surface area contributed by atoms with Gasteiger partial charge in [0.25, 0.3) is 0 Å². The Hall–Kier alpha value is -0.260. The lowest BCUT2D eigenvalue weighted by Gasteiger charge is -2.21. The van der Waals surface area contributed by atoms with Crippen molar-refractivity contribution in [2.45, 2.75) is 46.5 Å². The first-order valence-electron chi connectivity index (χ1n) is 5.28. The SMILES string of the molecule is CC1=CCC(C)C2(C)CC2CC1. The van der Waals surface area contributed by atoms with E-state index in [9.17, 15) is 0 Å². The van der Waals surface area contributed by atoms with Gasteiger partial charge in [-0.2, -0.15) is 0 Å². The summed E-state index contributed by atoms with van der Waals surface area (Å²) in [6.07, 6.45) is 8.08. The van der Waals surface area contributed by atoms with Crippen molar-refractivity contribution >= 4 is 0 Å². The van der Waals surface area contributed by atoms with Gasteiger partial charge in [0.2, 0.25) is 0 Å². The second-order valence-electron chi connectivity index (χ2n) is 5.13. The van der Waals surface area contributed by atoms with Gasteiger partial charge in [-0.25, -0.2) is 0 Å². The summed E-state index contributed by atoms with van der Waals surface area (Å²) < 4.78 is 0. The predicted octanol–water partition coefficient (Wildman–Crippen LogP) is 3.78. The largest absolute Gasteiger partial charge is 0.0853 e. The van der Waals surface area contributed by atoms with Gasteiger partial charge in [-0.15, -0.1) is 0 Å². The number of allylic oxidation sites excluding steroid dienone is 2. The van der Waals surface area contributed by atoms with Gasteiger partial charge >= 0.3 is 0 Å². The lowest BCUT2D eigenvalue weighted by atomic mass is 9.84. The Labute approximate surface area is 76.1 Å². The average Bonchev–Trinajstić information content (AvgIpc) is 2.69. The normalized spacial score (nSPS) is 47.1. The fourth-order valence-corrected chi connectivity index (χ4v) is 2.66. The highest BCUT2D eigenvalue weighted by Gasteiger charge is 2.52. The molecule has 3 atom stereocenters. The summed E-state index contributed by atoms with van der Waals surface area (Å²) in [7, 11) is 0. The summed E-state index contributed by atoms with van der Waals surface area (Å²) in [6, 6.07) is 0. The van der Waals surface area contributed by atoms with E-state index in [4.69, 9.17) is 0 Å². The van der Waals surface area contributed by atoms with Crippen molar-refractivity contribution in [3.63, 3.8) is 0 Å². The highest BCUT2D eigenvalue weighted by atomic mass is 14.6. The van der Waals surface area contributed by atoms with Crippen LogP contribution < -0.4 is 0 Å². The van der Waals surface area contributed by atoms with E-state index in [0.717, 1.165) is 17.3 Å². The van der Waals surface area contributed by atoms with E-state index < -0.39 is 0 Å². The van der Waals surface area contributed by atoms with Crippen molar-refractivity contribution in [2.75, 3.05) is 0 Å². The molecule has 0 aromatic carbocycles. The van der Waals surface area contributed by atoms with Crippen molar-refractivity contribution < 1.29 is 0 Å². The lowest BCUT2D eigenvalue weighted by molar-refractivity contribution is 0.321. The van der Waals surface area contributed by atoms with Crippen LogP contribution in [0.15, 0.2) is 11.6 Å². The van der Waals surface area contributed by atoms with Crippen LogP contribution in [0.4, 0.5) is 0 Å². The number of fused-ring (bicyclic) bond motifs is 1. The van der Waals surface area contributed by atoms with E-state index >= 15 is 0 Å². The van der Waals surface area contributed by atoms with Gasteiger partial charge in [0, 0.05) is 0 Å². The summed E-state index contributed by atoms with van der Waals surface area (Å²) in [5, 5.41) is 0. The Morgan fingerprint density at radius 1 is 1.50 bits per heavy atom. The Morgan fingerprint density at radius 2 is 2.25 bits per heavy atom. The molecule has 0 amide bonds. The zero-order valence-electron chi connectivity index (χ0n) is 8.56. The fraction of sp³-hybridized carbons (Fsp3) is 0.833. The molecule has 0 N–H and O–H groups in total. The van der Waals surface area contributed by atoms with Crippen LogP contribution in [0, 0.1) is 17.3 Å². The zero-order chi connectivity index (χ0) is 8.77. The maximum atomic E-state index is 2.48. The summed E-state index contributed by atoms with van der Waals surface area (Å²) in [5.74, 6) is 1.97. The Kier molecular flexibility index (Phi) is 1.82. The van der Waals surface area contributed by atoms with Crippen LogP contribution in [0.5, 0.6) is 0 Å². The third-order valence-electron chi connectivity index (χ3n) is 4.29. The highest BCUT2D eigenvalue weighted by molar-refractivity contribution is 5.10. The van der Waals surface area contributed by atoms with Gasteiger partial charge < -0.3 is 0 Å². The summed E-state index contributed by atoms with van der Waals surface area (Å²) in [4.78, 5) is 0. The number of hydrogen-bond acceptors (Lipinski definition) is 0. The third-order valence-corrected chi connectivity index (χ3v) is 4.29. The molecule has 0 aromatic heterocycles. The maximum Gasteiger partial charge on any atom is -0.0266 e.